The fraction of sp³-hybridized carbons (Fsp3) is 0.333. The number of piperidine rings is 1. The molecule has 1 aliphatic heterocycles. The summed E-state index contributed by atoms with van der Waals surface area (Å²) in [6.07, 6.45) is 1.72. The molecule has 0 bridgehead atoms. The zero-order valence-electron chi connectivity index (χ0n) is 15.1. The third-order valence-corrected chi connectivity index (χ3v) is 4.69. The zero-order chi connectivity index (χ0) is 18.4. The SMILES string of the molecule is Cc1ccc(NC(=O)C(=O)NC2CCN(Cc3ccccc3)CC2)cc1. The molecule has 2 amide bonds. The number of nitrogens with zero attached hydrogens (tertiary/aromatic N) is 1. The Kier molecular flexibility index (Phi) is 6.02. The third kappa shape index (κ3) is 5.17. The van der Waals surface area contributed by atoms with Crippen LogP contribution in [0.3, 0.4) is 0 Å². The summed E-state index contributed by atoms with van der Waals surface area (Å²) >= 11 is 0. The first kappa shape index (κ1) is 18.1. The maximum absolute atomic E-state index is 12.1. The Hall–Kier alpha value is -2.66. The van der Waals surface area contributed by atoms with Crippen LogP contribution < -0.4 is 10.6 Å². The van der Waals surface area contributed by atoms with Gasteiger partial charge in [0.25, 0.3) is 0 Å². The average molecular weight is 351 g/mol. The minimum atomic E-state index is -0.611. The predicted molar refractivity (Wildman–Crippen MR) is 103 cm³/mol. The second kappa shape index (κ2) is 8.63. The molecule has 1 aliphatic rings. The highest BCUT2D eigenvalue weighted by Gasteiger charge is 2.23. The van der Waals surface area contributed by atoms with Crippen LogP contribution in [-0.4, -0.2) is 35.8 Å². The Bertz CT molecular complexity index is 736. The Morgan fingerprint density at radius 1 is 0.962 bits per heavy atom. The van der Waals surface area contributed by atoms with Gasteiger partial charge in [-0.3, -0.25) is 14.5 Å². The van der Waals surface area contributed by atoms with Gasteiger partial charge >= 0.3 is 11.8 Å². The van der Waals surface area contributed by atoms with Crippen molar-refractivity contribution in [1.82, 2.24) is 10.2 Å². The summed E-state index contributed by atoms with van der Waals surface area (Å²) in [7, 11) is 0. The molecule has 136 valence electrons. The van der Waals surface area contributed by atoms with Crippen LogP contribution in [0.15, 0.2) is 54.6 Å². The molecular weight excluding hydrogens is 326 g/mol. The molecule has 5 nitrogen and oxygen atoms in total. The molecule has 5 heteroatoms. The average Bonchev–Trinajstić information content (AvgIpc) is 2.66. The lowest BCUT2D eigenvalue weighted by Gasteiger charge is -2.32. The summed E-state index contributed by atoms with van der Waals surface area (Å²) in [5.74, 6) is -1.17. The molecule has 1 saturated heterocycles. The number of rotatable bonds is 4. The van der Waals surface area contributed by atoms with Crippen molar-refractivity contribution < 1.29 is 9.59 Å². The normalized spacial score (nSPS) is 15.4. The first-order valence-electron chi connectivity index (χ1n) is 9.05. The van der Waals surface area contributed by atoms with E-state index in [1.807, 2.05) is 25.1 Å². The van der Waals surface area contributed by atoms with E-state index >= 15 is 0 Å². The van der Waals surface area contributed by atoms with Crippen LogP contribution in [0.1, 0.15) is 24.0 Å². The van der Waals surface area contributed by atoms with Gasteiger partial charge < -0.3 is 10.6 Å². The highest BCUT2D eigenvalue weighted by molar-refractivity contribution is 6.39. The van der Waals surface area contributed by atoms with Crippen LogP contribution in [0, 0.1) is 6.92 Å². The molecule has 0 unspecified atom stereocenters. The summed E-state index contributed by atoms with van der Waals surface area (Å²) in [6.45, 7) is 4.73. The monoisotopic (exact) mass is 351 g/mol. The van der Waals surface area contributed by atoms with Gasteiger partial charge in [-0.2, -0.15) is 0 Å². The Morgan fingerprint density at radius 2 is 1.62 bits per heavy atom. The predicted octanol–water partition coefficient (Wildman–Crippen LogP) is 2.71. The number of aryl methyl sites for hydroxylation is 1. The van der Waals surface area contributed by atoms with Gasteiger partial charge in [0.05, 0.1) is 0 Å². The van der Waals surface area contributed by atoms with Crippen LogP contribution in [-0.2, 0) is 16.1 Å². The van der Waals surface area contributed by atoms with E-state index in [-0.39, 0.29) is 6.04 Å². The van der Waals surface area contributed by atoms with Gasteiger partial charge in [-0.1, -0.05) is 48.0 Å². The molecule has 26 heavy (non-hydrogen) atoms. The summed E-state index contributed by atoms with van der Waals surface area (Å²) in [4.78, 5) is 26.5. The molecule has 0 aromatic heterocycles. The number of hydrogen-bond donors (Lipinski definition) is 2. The number of benzene rings is 2. The van der Waals surface area contributed by atoms with Crippen LogP contribution >= 0.6 is 0 Å². The molecule has 0 spiro atoms. The van der Waals surface area contributed by atoms with Gasteiger partial charge in [-0.15, -0.1) is 0 Å². The van der Waals surface area contributed by atoms with E-state index in [9.17, 15) is 9.59 Å². The first-order chi connectivity index (χ1) is 12.6. The van der Waals surface area contributed by atoms with E-state index in [1.165, 1.54) is 5.56 Å². The summed E-state index contributed by atoms with van der Waals surface area (Å²) in [6, 6.07) is 17.8. The van der Waals surface area contributed by atoms with E-state index in [4.69, 9.17) is 0 Å². The fourth-order valence-electron chi connectivity index (χ4n) is 3.15. The van der Waals surface area contributed by atoms with Crippen molar-refractivity contribution in [1.29, 1.82) is 0 Å². The van der Waals surface area contributed by atoms with E-state index in [0.29, 0.717) is 5.69 Å². The van der Waals surface area contributed by atoms with Crippen molar-refractivity contribution in [2.45, 2.75) is 32.4 Å². The molecule has 2 N–H and O–H groups in total. The summed E-state index contributed by atoms with van der Waals surface area (Å²) in [5, 5.41) is 5.50. The van der Waals surface area contributed by atoms with Gasteiger partial charge in [0, 0.05) is 31.4 Å². The van der Waals surface area contributed by atoms with Crippen molar-refractivity contribution in [2.24, 2.45) is 0 Å². The van der Waals surface area contributed by atoms with Gasteiger partial charge in [0.15, 0.2) is 0 Å². The first-order valence-corrected chi connectivity index (χ1v) is 9.05. The number of carbonyl (C=O) groups is 2. The number of anilines is 1. The third-order valence-electron chi connectivity index (χ3n) is 4.69. The molecule has 0 atom stereocenters. The smallest absolute Gasteiger partial charge is 0.313 e. The van der Waals surface area contributed by atoms with E-state index in [2.05, 4.69) is 39.8 Å². The number of amides is 2. The molecule has 2 aromatic rings. The molecular formula is C21H25N3O2. The van der Waals surface area contributed by atoms with Crippen molar-refractivity contribution in [2.75, 3.05) is 18.4 Å². The van der Waals surface area contributed by atoms with E-state index < -0.39 is 11.8 Å². The minimum Gasteiger partial charge on any atom is -0.345 e. The summed E-state index contributed by atoms with van der Waals surface area (Å²) in [5.41, 5.74) is 3.04. The van der Waals surface area contributed by atoms with Crippen molar-refractivity contribution in [3.05, 3.63) is 65.7 Å². The standard InChI is InChI=1S/C21H25N3O2/c1-16-7-9-18(10-8-16)22-20(25)21(26)23-19-11-13-24(14-12-19)15-17-5-3-2-4-6-17/h2-10,19H,11-15H2,1H3,(H,22,25)(H,23,26). The Balaban J connectivity index is 1.42. The van der Waals surface area contributed by atoms with Gasteiger partial charge in [-0.25, -0.2) is 0 Å². The molecule has 3 rings (SSSR count). The molecule has 0 aliphatic carbocycles. The lowest BCUT2D eigenvalue weighted by atomic mass is 10.0. The zero-order valence-corrected chi connectivity index (χ0v) is 15.1. The van der Waals surface area contributed by atoms with Crippen LogP contribution in [0.25, 0.3) is 0 Å². The van der Waals surface area contributed by atoms with Crippen LogP contribution in [0.5, 0.6) is 0 Å². The van der Waals surface area contributed by atoms with Crippen LogP contribution in [0.4, 0.5) is 5.69 Å². The fourth-order valence-corrected chi connectivity index (χ4v) is 3.15. The second-order valence-corrected chi connectivity index (χ2v) is 6.83. The number of likely N-dealkylation sites (tertiary alicyclic amines) is 1. The Morgan fingerprint density at radius 3 is 2.27 bits per heavy atom. The van der Waals surface area contributed by atoms with E-state index in [0.717, 1.165) is 38.0 Å². The molecule has 2 aromatic carbocycles. The second-order valence-electron chi connectivity index (χ2n) is 6.83. The van der Waals surface area contributed by atoms with Gasteiger partial charge in [0.2, 0.25) is 0 Å². The quantitative estimate of drug-likeness (QED) is 0.833. The highest BCUT2D eigenvalue weighted by atomic mass is 16.2. The lowest BCUT2D eigenvalue weighted by Crippen LogP contribution is -2.47. The van der Waals surface area contributed by atoms with Gasteiger partial charge in [-0.05, 0) is 37.5 Å². The highest BCUT2D eigenvalue weighted by Crippen LogP contribution is 2.14. The molecule has 1 fully saturated rings. The van der Waals surface area contributed by atoms with E-state index in [1.54, 1.807) is 12.1 Å². The van der Waals surface area contributed by atoms with Crippen molar-refractivity contribution in [3.8, 4) is 0 Å². The molecule has 0 saturated carbocycles. The number of carbonyl (C=O) groups excluding carboxylic acids is 2. The lowest BCUT2D eigenvalue weighted by molar-refractivity contribution is -0.136. The maximum Gasteiger partial charge on any atom is 0.313 e. The molecule has 0 radical (unpaired) electrons. The maximum atomic E-state index is 12.1. The number of nitrogens with one attached hydrogen (secondary N) is 2. The van der Waals surface area contributed by atoms with Gasteiger partial charge in [0.1, 0.15) is 0 Å². The topological polar surface area (TPSA) is 61.4 Å². The minimum absolute atomic E-state index is 0.0540. The molecule has 1 heterocycles. The number of hydrogen-bond acceptors (Lipinski definition) is 3. The largest absolute Gasteiger partial charge is 0.345 e. The summed E-state index contributed by atoms with van der Waals surface area (Å²) < 4.78 is 0. The van der Waals surface area contributed by atoms with Crippen molar-refractivity contribution >= 4 is 17.5 Å². The van der Waals surface area contributed by atoms with Crippen LogP contribution in [0.2, 0.25) is 0 Å². The van der Waals surface area contributed by atoms with Crippen molar-refractivity contribution in [3.63, 3.8) is 0 Å². The Labute approximate surface area is 154 Å².